The van der Waals surface area contributed by atoms with Crippen LogP contribution in [0, 0.1) is 11.3 Å². The van der Waals surface area contributed by atoms with E-state index in [0.717, 1.165) is 6.07 Å². The van der Waals surface area contributed by atoms with Crippen molar-refractivity contribution in [3.8, 4) is 17.5 Å². The highest BCUT2D eigenvalue weighted by Gasteiger charge is 2.34. The summed E-state index contributed by atoms with van der Waals surface area (Å²) in [7, 11) is 0. The zero-order valence-electron chi connectivity index (χ0n) is 14.7. The number of hydrogen-bond donors (Lipinski definition) is 2. The van der Waals surface area contributed by atoms with E-state index in [4.69, 9.17) is 5.26 Å². The summed E-state index contributed by atoms with van der Waals surface area (Å²) in [5, 5.41) is 18.8. The van der Waals surface area contributed by atoms with Gasteiger partial charge in [0.05, 0.1) is 23.6 Å². The number of para-hydroxylation sites is 1. The van der Waals surface area contributed by atoms with Crippen molar-refractivity contribution in [1.29, 1.82) is 5.26 Å². The maximum Gasteiger partial charge on any atom is 0.417 e. The Labute approximate surface area is 162 Å². The van der Waals surface area contributed by atoms with Crippen molar-refractivity contribution in [2.45, 2.75) is 12.6 Å². The average Bonchev–Trinajstić information content (AvgIpc) is 3.14. The lowest BCUT2D eigenvalue weighted by Crippen LogP contribution is -2.09. The lowest BCUT2D eigenvalue weighted by atomic mass is 10.1. The fraction of sp³-hybridized carbons (Fsp3) is 0.105. The summed E-state index contributed by atoms with van der Waals surface area (Å²) >= 11 is 0. The fourth-order valence-electron chi connectivity index (χ4n) is 2.83. The normalized spacial score (nSPS) is 11.4. The summed E-state index contributed by atoms with van der Waals surface area (Å²) in [4.78, 5) is 12.7. The van der Waals surface area contributed by atoms with Crippen molar-refractivity contribution in [2.24, 2.45) is 0 Å². The predicted molar refractivity (Wildman–Crippen MR) is 99.0 cm³/mol. The Morgan fingerprint density at radius 3 is 2.55 bits per heavy atom. The van der Waals surface area contributed by atoms with Crippen molar-refractivity contribution >= 4 is 22.7 Å². The number of alkyl halides is 3. The summed E-state index contributed by atoms with van der Waals surface area (Å²) in [6.45, 7) is 0. The zero-order valence-corrected chi connectivity index (χ0v) is 14.7. The number of H-pyrrole nitrogens is 1. The summed E-state index contributed by atoms with van der Waals surface area (Å²) in [5.74, 6) is 0.683. The lowest BCUT2D eigenvalue weighted by Gasteiger charge is -2.13. The second kappa shape index (κ2) is 7.20. The molecule has 0 spiro atoms. The number of hydrogen-bond acceptors (Lipinski definition) is 6. The Hall–Kier alpha value is -4.00. The van der Waals surface area contributed by atoms with Gasteiger partial charge in [-0.15, -0.1) is 5.10 Å². The van der Waals surface area contributed by atoms with Gasteiger partial charge in [-0.3, -0.25) is 5.10 Å². The monoisotopic (exact) mass is 395 g/mol. The van der Waals surface area contributed by atoms with Crippen LogP contribution in [0.1, 0.15) is 11.4 Å². The van der Waals surface area contributed by atoms with E-state index in [1.807, 2.05) is 6.07 Å². The molecule has 0 atom stereocenters. The van der Waals surface area contributed by atoms with E-state index >= 15 is 0 Å². The molecule has 0 amide bonds. The maximum atomic E-state index is 13.4. The first kappa shape index (κ1) is 18.4. The quantitative estimate of drug-likeness (QED) is 0.536. The molecule has 0 fully saturated rings. The van der Waals surface area contributed by atoms with Gasteiger partial charge >= 0.3 is 6.18 Å². The van der Waals surface area contributed by atoms with Crippen LogP contribution in [0.5, 0.6) is 0 Å². The largest absolute Gasteiger partial charge is 0.417 e. The summed E-state index contributed by atoms with van der Waals surface area (Å²) in [6.07, 6.45) is -4.50. The second-order valence-corrected chi connectivity index (χ2v) is 6.02. The van der Waals surface area contributed by atoms with Crippen molar-refractivity contribution in [3.05, 3.63) is 59.9 Å². The van der Waals surface area contributed by atoms with Gasteiger partial charge in [0.1, 0.15) is 11.6 Å². The molecule has 0 saturated carbocycles. The third kappa shape index (κ3) is 3.70. The molecule has 4 rings (SSSR count). The van der Waals surface area contributed by atoms with Gasteiger partial charge in [-0.05, 0) is 18.2 Å². The van der Waals surface area contributed by atoms with E-state index in [-0.39, 0.29) is 29.6 Å². The van der Waals surface area contributed by atoms with Gasteiger partial charge < -0.3 is 5.32 Å². The van der Waals surface area contributed by atoms with Gasteiger partial charge in [-0.1, -0.05) is 30.3 Å². The highest BCUT2D eigenvalue weighted by Crippen LogP contribution is 2.37. The molecule has 2 aromatic heterocycles. The molecule has 0 bridgehead atoms. The number of nitriles is 1. The Kier molecular flexibility index (Phi) is 4.56. The molecule has 2 aromatic carbocycles. The smallest absolute Gasteiger partial charge is 0.307 e. The van der Waals surface area contributed by atoms with E-state index in [0.29, 0.717) is 16.7 Å². The van der Waals surface area contributed by atoms with Crippen LogP contribution in [-0.4, -0.2) is 25.1 Å². The first-order valence-electron chi connectivity index (χ1n) is 8.44. The molecule has 4 aromatic rings. The average molecular weight is 395 g/mol. The highest BCUT2D eigenvalue weighted by atomic mass is 19.4. The number of aromatic amines is 1. The van der Waals surface area contributed by atoms with Gasteiger partial charge in [0.2, 0.25) is 5.95 Å². The number of aromatic nitrogens is 5. The SMILES string of the molecule is N#CCc1nc(Nc2nc(-c3ccccc3C(F)(F)F)nc3ccccc23)n[nH]1. The van der Waals surface area contributed by atoms with Crippen LogP contribution in [0.2, 0.25) is 0 Å². The van der Waals surface area contributed by atoms with E-state index in [2.05, 4.69) is 30.5 Å². The third-order valence-corrected chi connectivity index (χ3v) is 4.09. The van der Waals surface area contributed by atoms with Crippen molar-refractivity contribution < 1.29 is 13.2 Å². The molecule has 0 aliphatic carbocycles. The third-order valence-electron chi connectivity index (χ3n) is 4.09. The summed E-state index contributed by atoms with van der Waals surface area (Å²) in [6, 6.07) is 14.0. The molecule has 7 nitrogen and oxygen atoms in total. The Morgan fingerprint density at radius 2 is 1.76 bits per heavy atom. The number of benzene rings is 2. The van der Waals surface area contributed by atoms with Gasteiger partial charge in [0, 0.05) is 10.9 Å². The number of rotatable bonds is 4. The topological polar surface area (TPSA) is 103 Å². The Morgan fingerprint density at radius 1 is 1.00 bits per heavy atom. The van der Waals surface area contributed by atoms with Crippen LogP contribution in [0.25, 0.3) is 22.3 Å². The Bertz CT molecular complexity index is 1220. The molecular formula is C19H12F3N7. The highest BCUT2D eigenvalue weighted by molar-refractivity contribution is 5.91. The molecule has 2 heterocycles. The molecule has 10 heteroatoms. The van der Waals surface area contributed by atoms with Gasteiger partial charge in [0.15, 0.2) is 5.82 Å². The molecule has 0 aliphatic heterocycles. The second-order valence-electron chi connectivity index (χ2n) is 6.02. The predicted octanol–water partition coefficient (Wildman–Crippen LogP) is 4.24. The molecule has 29 heavy (non-hydrogen) atoms. The molecule has 0 radical (unpaired) electrons. The minimum atomic E-state index is -4.55. The van der Waals surface area contributed by atoms with Gasteiger partial charge in [0.25, 0.3) is 0 Å². The number of anilines is 2. The van der Waals surface area contributed by atoms with Gasteiger partial charge in [-0.25, -0.2) is 9.97 Å². The van der Waals surface area contributed by atoms with E-state index in [1.54, 1.807) is 24.3 Å². The Balaban J connectivity index is 1.85. The van der Waals surface area contributed by atoms with Crippen LogP contribution in [-0.2, 0) is 12.6 Å². The van der Waals surface area contributed by atoms with Crippen molar-refractivity contribution in [2.75, 3.05) is 5.32 Å². The number of fused-ring (bicyclic) bond motifs is 1. The van der Waals surface area contributed by atoms with E-state index in [9.17, 15) is 13.2 Å². The lowest BCUT2D eigenvalue weighted by molar-refractivity contribution is -0.137. The minimum Gasteiger partial charge on any atom is -0.307 e. The summed E-state index contributed by atoms with van der Waals surface area (Å²) < 4.78 is 40.3. The zero-order chi connectivity index (χ0) is 20.4. The number of nitrogens with zero attached hydrogens (tertiary/aromatic N) is 5. The van der Waals surface area contributed by atoms with Crippen LogP contribution >= 0.6 is 0 Å². The van der Waals surface area contributed by atoms with E-state index in [1.165, 1.54) is 18.2 Å². The molecule has 0 unspecified atom stereocenters. The van der Waals surface area contributed by atoms with Gasteiger partial charge in [-0.2, -0.15) is 23.4 Å². The molecule has 0 aliphatic rings. The van der Waals surface area contributed by atoms with Crippen LogP contribution in [0.15, 0.2) is 48.5 Å². The number of nitrogens with one attached hydrogen (secondary N) is 2. The summed E-state index contributed by atoms with van der Waals surface area (Å²) in [5.41, 5.74) is -0.492. The molecular weight excluding hydrogens is 383 g/mol. The van der Waals surface area contributed by atoms with E-state index < -0.39 is 11.7 Å². The molecule has 0 saturated heterocycles. The van der Waals surface area contributed by atoms with Crippen LogP contribution < -0.4 is 5.32 Å². The van der Waals surface area contributed by atoms with Crippen molar-refractivity contribution in [3.63, 3.8) is 0 Å². The number of halogens is 3. The first-order valence-corrected chi connectivity index (χ1v) is 8.44. The van der Waals surface area contributed by atoms with Crippen LogP contribution in [0.4, 0.5) is 24.9 Å². The first-order chi connectivity index (χ1) is 14.0. The van der Waals surface area contributed by atoms with Crippen LogP contribution in [0.3, 0.4) is 0 Å². The minimum absolute atomic E-state index is 0.0450. The fourth-order valence-corrected chi connectivity index (χ4v) is 2.83. The molecule has 2 N–H and O–H groups in total. The molecule has 144 valence electrons. The maximum absolute atomic E-state index is 13.4. The van der Waals surface area contributed by atoms with Crippen molar-refractivity contribution in [1.82, 2.24) is 25.1 Å². The standard InChI is InChI=1S/C19H12F3N7/c20-19(21,22)13-7-3-1-5-11(13)16-24-14-8-4-2-6-12(14)17(26-16)27-18-25-15(9-10-23)28-29-18/h1-8H,9H2,(H2,24,25,26,27,28,29).